The second-order valence-electron chi connectivity index (χ2n) is 6.30. The predicted molar refractivity (Wildman–Crippen MR) is 102 cm³/mol. The number of aryl methyl sites for hydroxylation is 1. The van der Waals surface area contributed by atoms with Gasteiger partial charge in [-0.1, -0.05) is 47.7 Å². The Morgan fingerprint density at radius 1 is 1.09 bits per heavy atom. The summed E-state index contributed by atoms with van der Waals surface area (Å²) in [4.78, 5) is 0. The van der Waals surface area contributed by atoms with Crippen LogP contribution in [0.3, 0.4) is 0 Å². The quantitative estimate of drug-likeness (QED) is 0.616. The number of benzene rings is 1. The van der Waals surface area contributed by atoms with Crippen molar-refractivity contribution in [3.63, 3.8) is 0 Å². The Bertz CT molecular complexity index is 618. The second-order valence-corrected chi connectivity index (χ2v) is 7.15. The van der Waals surface area contributed by atoms with E-state index < -0.39 is 0 Å². The van der Waals surface area contributed by atoms with E-state index in [4.69, 9.17) is 4.42 Å². The summed E-state index contributed by atoms with van der Waals surface area (Å²) in [5, 5.41) is 3.66. The molecule has 1 aliphatic carbocycles. The lowest BCUT2D eigenvalue weighted by Crippen LogP contribution is -2.27. The van der Waals surface area contributed by atoms with Crippen LogP contribution in [0.2, 0.25) is 0 Å². The number of hydrogen-bond donors (Lipinski definition) is 1. The highest BCUT2D eigenvalue weighted by Gasteiger charge is 2.12. The van der Waals surface area contributed by atoms with Crippen LogP contribution in [0.25, 0.3) is 11.3 Å². The van der Waals surface area contributed by atoms with Crippen molar-refractivity contribution in [1.29, 1.82) is 0 Å². The Balaban J connectivity index is 0.00000192. The van der Waals surface area contributed by atoms with Crippen LogP contribution in [-0.2, 0) is 6.54 Å². The fourth-order valence-electron chi connectivity index (χ4n) is 3.15. The molecule has 1 aliphatic rings. The molecular formula is C19H25BrClNO. The van der Waals surface area contributed by atoms with Gasteiger partial charge >= 0.3 is 0 Å². The number of hydrogen-bond acceptors (Lipinski definition) is 2. The standard InChI is InChI=1S/C19H24BrNO.ClH/c1-14-12-15(8-10-18(14)20)19-11-9-17(22-19)13-21-16-6-4-2-3-5-7-16;/h8-12,16,21H,2-7,13H2,1H3;1H. The first-order chi connectivity index (χ1) is 10.7. The van der Waals surface area contributed by atoms with Gasteiger partial charge in [0, 0.05) is 16.1 Å². The first-order valence-electron chi connectivity index (χ1n) is 8.31. The van der Waals surface area contributed by atoms with E-state index in [0.717, 1.165) is 28.1 Å². The van der Waals surface area contributed by atoms with Crippen LogP contribution < -0.4 is 5.32 Å². The van der Waals surface area contributed by atoms with E-state index in [9.17, 15) is 0 Å². The maximum absolute atomic E-state index is 6.01. The molecule has 1 aromatic carbocycles. The van der Waals surface area contributed by atoms with Crippen molar-refractivity contribution in [3.05, 3.63) is 46.1 Å². The molecule has 2 nitrogen and oxygen atoms in total. The van der Waals surface area contributed by atoms with Gasteiger partial charge in [0.25, 0.3) is 0 Å². The van der Waals surface area contributed by atoms with E-state index >= 15 is 0 Å². The number of nitrogens with one attached hydrogen (secondary N) is 1. The van der Waals surface area contributed by atoms with E-state index in [1.54, 1.807) is 0 Å². The SMILES string of the molecule is Cc1cc(-c2ccc(CNC3CCCCCC3)o2)ccc1Br.Cl. The molecule has 0 spiro atoms. The molecule has 2 aromatic rings. The highest BCUT2D eigenvalue weighted by atomic mass is 79.9. The van der Waals surface area contributed by atoms with Crippen LogP contribution in [0.5, 0.6) is 0 Å². The van der Waals surface area contributed by atoms with E-state index in [-0.39, 0.29) is 12.4 Å². The summed E-state index contributed by atoms with van der Waals surface area (Å²) in [6, 6.07) is 11.2. The summed E-state index contributed by atoms with van der Waals surface area (Å²) >= 11 is 3.54. The molecule has 23 heavy (non-hydrogen) atoms. The van der Waals surface area contributed by atoms with Gasteiger partial charge in [0.1, 0.15) is 11.5 Å². The zero-order chi connectivity index (χ0) is 15.4. The lowest BCUT2D eigenvalue weighted by Gasteiger charge is -2.14. The van der Waals surface area contributed by atoms with Gasteiger partial charge in [-0.3, -0.25) is 0 Å². The van der Waals surface area contributed by atoms with Gasteiger partial charge in [-0.15, -0.1) is 12.4 Å². The van der Waals surface area contributed by atoms with E-state index in [1.807, 2.05) is 0 Å². The molecule has 0 bridgehead atoms. The first kappa shape index (κ1) is 18.6. The minimum absolute atomic E-state index is 0. The minimum atomic E-state index is 0. The van der Waals surface area contributed by atoms with Gasteiger partial charge in [-0.25, -0.2) is 0 Å². The Morgan fingerprint density at radius 3 is 2.52 bits per heavy atom. The Labute approximate surface area is 153 Å². The zero-order valence-electron chi connectivity index (χ0n) is 13.6. The molecule has 0 atom stereocenters. The van der Waals surface area contributed by atoms with Gasteiger partial charge in [-0.2, -0.15) is 0 Å². The van der Waals surface area contributed by atoms with E-state index in [0.29, 0.717) is 6.04 Å². The summed E-state index contributed by atoms with van der Waals surface area (Å²) in [5.41, 5.74) is 2.37. The van der Waals surface area contributed by atoms with E-state index in [2.05, 4.69) is 58.5 Å². The average molecular weight is 399 g/mol. The summed E-state index contributed by atoms with van der Waals surface area (Å²) in [6.45, 7) is 2.94. The molecule has 1 N–H and O–H groups in total. The van der Waals surface area contributed by atoms with Crippen LogP contribution in [0.15, 0.2) is 39.2 Å². The maximum Gasteiger partial charge on any atom is 0.134 e. The molecule has 0 amide bonds. The first-order valence-corrected chi connectivity index (χ1v) is 9.10. The molecule has 0 saturated heterocycles. The van der Waals surface area contributed by atoms with Crippen molar-refractivity contribution < 1.29 is 4.42 Å². The van der Waals surface area contributed by atoms with Gasteiger partial charge in [-0.05, 0) is 49.6 Å². The van der Waals surface area contributed by atoms with E-state index in [1.165, 1.54) is 44.1 Å². The molecule has 3 rings (SSSR count). The summed E-state index contributed by atoms with van der Waals surface area (Å²) in [5.74, 6) is 1.98. The largest absolute Gasteiger partial charge is 0.460 e. The van der Waals surface area contributed by atoms with Gasteiger partial charge in [0.15, 0.2) is 0 Å². The smallest absolute Gasteiger partial charge is 0.134 e. The van der Waals surface area contributed by atoms with Crippen LogP contribution in [-0.4, -0.2) is 6.04 Å². The normalized spacial score (nSPS) is 15.9. The maximum atomic E-state index is 6.01. The molecular weight excluding hydrogens is 374 g/mol. The molecule has 126 valence electrons. The van der Waals surface area contributed by atoms with Crippen molar-refractivity contribution in [2.75, 3.05) is 0 Å². The minimum Gasteiger partial charge on any atom is -0.460 e. The molecule has 1 aromatic heterocycles. The van der Waals surface area contributed by atoms with Crippen molar-refractivity contribution in [2.45, 2.75) is 58.0 Å². The third-order valence-corrected chi connectivity index (χ3v) is 5.41. The topological polar surface area (TPSA) is 25.2 Å². The van der Waals surface area contributed by atoms with Crippen LogP contribution in [0, 0.1) is 6.92 Å². The number of rotatable bonds is 4. The van der Waals surface area contributed by atoms with Crippen LogP contribution in [0.1, 0.15) is 49.8 Å². The lowest BCUT2D eigenvalue weighted by atomic mass is 10.1. The highest BCUT2D eigenvalue weighted by Crippen LogP contribution is 2.27. The molecule has 0 unspecified atom stereocenters. The van der Waals surface area contributed by atoms with Gasteiger partial charge in [0.05, 0.1) is 6.54 Å². The lowest BCUT2D eigenvalue weighted by molar-refractivity contribution is 0.420. The Kier molecular flexibility index (Phi) is 7.19. The average Bonchev–Trinajstić information content (AvgIpc) is 2.83. The number of halogens is 2. The highest BCUT2D eigenvalue weighted by molar-refractivity contribution is 9.10. The zero-order valence-corrected chi connectivity index (χ0v) is 16.0. The summed E-state index contributed by atoms with van der Waals surface area (Å²) < 4.78 is 7.15. The fourth-order valence-corrected chi connectivity index (χ4v) is 3.40. The fraction of sp³-hybridized carbons (Fsp3) is 0.474. The summed E-state index contributed by atoms with van der Waals surface area (Å²) in [6.07, 6.45) is 8.12. The van der Waals surface area contributed by atoms with Crippen molar-refractivity contribution in [1.82, 2.24) is 5.32 Å². The van der Waals surface area contributed by atoms with Crippen LogP contribution >= 0.6 is 28.3 Å². The third kappa shape index (κ3) is 5.10. The monoisotopic (exact) mass is 397 g/mol. The van der Waals surface area contributed by atoms with Crippen molar-refractivity contribution in [3.8, 4) is 11.3 Å². The molecule has 1 heterocycles. The molecule has 1 fully saturated rings. The van der Waals surface area contributed by atoms with Gasteiger partial charge < -0.3 is 9.73 Å². The van der Waals surface area contributed by atoms with Crippen molar-refractivity contribution >= 4 is 28.3 Å². The number of furan rings is 1. The predicted octanol–water partition coefficient (Wildman–Crippen LogP) is 6.25. The second kappa shape index (κ2) is 8.91. The Morgan fingerprint density at radius 2 is 1.83 bits per heavy atom. The van der Waals surface area contributed by atoms with Crippen molar-refractivity contribution in [2.24, 2.45) is 0 Å². The molecule has 1 saturated carbocycles. The summed E-state index contributed by atoms with van der Waals surface area (Å²) in [7, 11) is 0. The van der Waals surface area contributed by atoms with Gasteiger partial charge in [0.2, 0.25) is 0 Å². The molecule has 4 heteroatoms. The molecule has 0 radical (unpaired) electrons. The third-order valence-electron chi connectivity index (χ3n) is 4.52. The molecule has 0 aliphatic heterocycles. The Hall–Kier alpha value is -0.770. The van der Waals surface area contributed by atoms with Crippen LogP contribution in [0.4, 0.5) is 0 Å².